The Kier molecular flexibility index (Phi) is 4.44. The van der Waals surface area contributed by atoms with Crippen LogP contribution in [-0.4, -0.2) is 16.1 Å². The first-order valence-corrected chi connectivity index (χ1v) is 6.29. The molecule has 6 heteroatoms. The van der Waals surface area contributed by atoms with Crippen molar-refractivity contribution in [2.75, 3.05) is 6.54 Å². The summed E-state index contributed by atoms with van der Waals surface area (Å²) in [5.41, 5.74) is 0.736. The number of benzene rings is 1. The standard InChI is InChI=1S/C14H16F3N3/c1-20-10-19-9-12(20)6-7-18-8-11-4-2-3-5-13(11)14(15,16)17/h2-5,9-10,18H,6-8H2,1H3. The number of alkyl halides is 3. The SMILES string of the molecule is Cn1cncc1CCNCc1ccccc1C(F)(F)F. The van der Waals surface area contributed by atoms with Gasteiger partial charge in [0.15, 0.2) is 0 Å². The zero-order valence-corrected chi connectivity index (χ0v) is 11.1. The lowest BCUT2D eigenvalue weighted by atomic mass is 10.1. The fourth-order valence-electron chi connectivity index (χ4n) is 2.02. The van der Waals surface area contributed by atoms with Crippen LogP contribution in [-0.2, 0) is 26.2 Å². The minimum atomic E-state index is -4.31. The van der Waals surface area contributed by atoms with Crippen molar-refractivity contribution in [3.05, 3.63) is 53.6 Å². The maximum absolute atomic E-state index is 12.8. The zero-order chi connectivity index (χ0) is 14.6. The molecular formula is C14H16F3N3. The van der Waals surface area contributed by atoms with Gasteiger partial charge in [0.2, 0.25) is 0 Å². The van der Waals surface area contributed by atoms with Crippen LogP contribution >= 0.6 is 0 Å². The Morgan fingerprint density at radius 1 is 1.25 bits per heavy atom. The summed E-state index contributed by atoms with van der Waals surface area (Å²) in [5.74, 6) is 0. The van der Waals surface area contributed by atoms with Crippen molar-refractivity contribution in [3.8, 4) is 0 Å². The van der Waals surface area contributed by atoms with Crippen molar-refractivity contribution in [2.24, 2.45) is 7.05 Å². The Balaban J connectivity index is 1.90. The summed E-state index contributed by atoms with van der Waals surface area (Å²) in [7, 11) is 1.89. The molecule has 3 nitrogen and oxygen atoms in total. The molecular weight excluding hydrogens is 267 g/mol. The molecule has 1 aromatic carbocycles. The molecule has 108 valence electrons. The van der Waals surface area contributed by atoms with Gasteiger partial charge in [0.05, 0.1) is 11.9 Å². The number of halogens is 3. The van der Waals surface area contributed by atoms with Gasteiger partial charge in [-0.25, -0.2) is 4.98 Å². The highest BCUT2D eigenvalue weighted by Gasteiger charge is 2.32. The van der Waals surface area contributed by atoms with Crippen molar-refractivity contribution in [2.45, 2.75) is 19.1 Å². The van der Waals surface area contributed by atoms with Crippen LogP contribution in [0.3, 0.4) is 0 Å². The molecule has 1 heterocycles. The average molecular weight is 283 g/mol. The van der Waals surface area contributed by atoms with E-state index < -0.39 is 11.7 Å². The predicted molar refractivity (Wildman–Crippen MR) is 70.1 cm³/mol. The quantitative estimate of drug-likeness (QED) is 0.855. The van der Waals surface area contributed by atoms with Gasteiger partial charge in [-0.3, -0.25) is 0 Å². The number of hydrogen-bond acceptors (Lipinski definition) is 2. The van der Waals surface area contributed by atoms with Crippen molar-refractivity contribution in [3.63, 3.8) is 0 Å². The van der Waals surface area contributed by atoms with Crippen LogP contribution in [0.5, 0.6) is 0 Å². The highest BCUT2D eigenvalue weighted by atomic mass is 19.4. The Hall–Kier alpha value is -1.82. The lowest BCUT2D eigenvalue weighted by Crippen LogP contribution is -2.20. The van der Waals surface area contributed by atoms with Gasteiger partial charge < -0.3 is 9.88 Å². The lowest BCUT2D eigenvalue weighted by molar-refractivity contribution is -0.138. The third-order valence-electron chi connectivity index (χ3n) is 3.11. The van der Waals surface area contributed by atoms with E-state index in [2.05, 4.69) is 10.3 Å². The van der Waals surface area contributed by atoms with Gasteiger partial charge in [-0.2, -0.15) is 13.2 Å². The second-order valence-corrected chi connectivity index (χ2v) is 4.58. The summed E-state index contributed by atoms with van der Waals surface area (Å²) in [4.78, 5) is 3.99. The molecule has 1 aromatic heterocycles. The Morgan fingerprint density at radius 2 is 2.00 bits per heavy atom. The molecule has 0 radical (unpaired) electrons. The predicted octanol–water partition coefficient (Wildman–Crippen LogP) is 2.77. The van der Waals surface area contributed by atoms with E-state index in [1.807, 2.05) is 11.6 Å². The monoisotopic (exact) mass is 283 g/mol. The molecule has 20 heavy (non-hydrogen) atoms. The van der Waals surface area contributed by atoms with Crippen LogP contribution in [0.2, 0.25) is 0 Å². The summed E-state index contributed by atoms with van der Waals surface area (Å²) in [6.07, 6.45) is -0.120. The number of imidazole rings is 1. The maximum Gasteiger partial charge on any atom is 0.416 e. The highest BCUT2D eigenvalue weighted by Crippen LogP contribution is 2.31. The van der Waals surface area contributed by atoms with E-state index in [-0.39, 0.29) is 12.1 Å². The fourth-order valence-corrected chi connectivity index (χ4v) is 2.02. The van der Waals surface area contributed by atoms with Crippen molar-refractivity contribution in [1.29, 1.82) is 0 Å². The molecule has 0 aliphatic carbocycles. The topological polar surface area (TPSA) is 29.9 Å². The molecule has 0 unspecified atom stereocenters. The van der Waals surface area contributed by atoms with Crippen molar-refractivity contribution < 1.29 is 13.2 Å². The van der Waals surface area contributed by atoms with Crippen LogP contribution in [0, 0.1) is 0 Å². The minimum absolute atomic E-state index is 0.202. The smallest absolute Gasteiger partial charge is 0.338 e. The van der Waals surface area contributed by atoms with Crippen LogP contribution in [0.15, 0.2) is 36.8 Å². The third-order valence-corrected chi connectivity index (χ3v) is 3.11. The van der Waals surface area contributed by atoms with E-state index in [0.717, 1.165) is 18.2 Å². The van der Waals surface area contributed by atoms with Crippen molar-refractivity contribution in [1.82, 2.24) is 14.9 Å². The molecule has 0 spiro atoms. The lowest BCUT2D eigenvalue weighted by Gasteiger charge is -2.13. The van der Waals surface area contributed by atoms with Crippen LogP contribution in [0.1, 0.15) is 16.8 Å². The Bertz CT molecular complexity index is 561. The van der Waals surface area contributed by atoms with E-state index in [1.165, 1.54) is 12.1 Å². The molecule has 0 atom stereocenters. The van der Waals surface area contributed by atoms with Crippen molar-refractivity contribution >= 4 is 0 Å². The fraction of sp³-hybridized carbons (Fsp3) is 0.357. The van der Waals surface area contributed by atoms with E-state index in [0.29, 0.717) is 6.54 Å². The van der Waals surface area contributed by atoms with Gasteiger partial charge in [0.25, 0.3) is 0 Å². The van der Waals surface area contributed by atoms with Crippen LogP contribution < -0.4 is 5.32 Å². The highest BCUT2D eigenvalue weighted by molar-refractivity contribution is 5.29. The van der Waals surface area contributed by atoms with Gasteiger partial charge in [0, 0.05) is 38.4 Å². The Labute approximate surface area is 115 Å². The number of nitrogens with zero attached hydrogens (tertiary/aromatic N) is 2. The molecule has 1 N–H and O–H groups in total. The average Bonchev–Trinajstić information content (AvgIpc) is 2.80. The minimum Gasteiger partial charge on any atom is -0.338 e. The first kappa shape index (κ1) is 14.6. The molecule has 0 saturated heterocycles. The second-order valence-electron chi connectivity index (χ2n) is 4.58. The molecule has 0 bridgehead atoms. The van der Waals surface area contributed by atoms with Gasteiger partial charge in [-0.15, -0.1) is 0 Å². The summed E-state index contributed by atoms with van der Waals surface area (Å²) in [6, 6.07) is 5.63. The first-order valence-electron chi connectivity index (χ1n) is 6.29. The zero-order valence-electron chi connectivity index (χ0n) is 11.1. The third kappa shape index (κ3) is 3.60. The largest absolute Gasteiger partial charge is 0.416 e. The number of aromatic nitrogens is 2. The summed E-state index contributed by atoms with van der Waals surface area (Å²) in [6.45, 7) is 0.805. The number of hydrogen-bond donors (Lipinski definition) is 1. The molecule has 0 aliphatic heterocycles. The van der Waals surface area contributed by atoms with E-state index in [1.54, 1.807) is 18.6 Å². The molecule has 2 aromatic rings. The Morgan fingerprint density at radius 3 is 2.65 bits per heavy atom. The molecule has 2 rings (SSSR count). The second kappa shape index (κ2) is 6.09. The summed E-state index contributed by atoms with van der Waals surface area (Å²) >= 11 is 0. The van der Waals surface area contributed by atoms with Crippen LogP contribution in [0.25, 0.3) is 0 Å². The molecule has 0 saturated carbocycles. The number of rotatable bonds is 5. The summed E-state index contributed by atoms with van der Waals surface area (Å²) < 4.78 is 40.3. The van der Waals surface area contributed by atoms with Gasteiger partial charge >= 0.3 is 6.18 Å². The normalized spacial score (nSPS) is 11.8. The molecule has 0 aliphatic rings. The molecule has 0 fully saturated rings. The van der Waals surface area contributed by atoms with Gasteiger partial charge in [-0.1, -0.05) is 18.2 Å². The number of nitrogens with one attached hydrogen (secondary N) is 1. The van der Waals surface area contributed by atoms with E-state index in [9.17, 15) is 13.2 Å². The summed E-state index contributed by atoms with van der Waals surface area (Å²) in [5, 5.41) is 3.04. The number of aryl methyl sites for hydroxylation is 1. The first-order chi connectivity index (χ1) is 9.48. The van der Waals surface area contributed by atoms with Gasteiger partial charge in [-0.05, 0) is 11.6 Å². The maximum atomic E-state index is 12.8. The van der Waals surface area contributed by atoms with Crippen LogP contribution in [0.4, 0.5) is 13.2 Å². The van der Waals surface area contributed by atoms with E-state index in [4.69, 9.17) is 0 Å². The van der Waals surface area contributed by atoms with E-state index >= 15 is 0 Å². The molecule has 0 amide bonds. The van der Waals surface area contributed by atoms with Gasteiger partial charge in [0.1, 0.15) is 0 Å².